The predicted molar refractivity (Wildman–Crippen MR) is 77.8 cm³/mol. The number of aryl methyl sites for hydroxylation is 1. The molecule has 2 unspecified atom stereocenters. The van der Waals surface area contributed by atoms with Gasteiger partial charge in [-0.15, -0.1) is 0 Å². The van der Waals surface area contributed by atoms with Crippen LogP contribution in [0, 0.1) is 18.8 Å². The fraction of sp³-hybridized carbons (Fsp3) is 0.333. The van der Waals surface area contributed by atoms with E-state index in [1.807, 2.05) is 25.1 Å². The van der Waals surface area contributed by atoms with E-state index in [1.54, 1.807) is 12.1 Å². The Labute approximate surface area is 122 Å². The number of hydrogen-bond donors (Lipinski definition) is 2. The van der Waals surface area contributed by atoms with Crippen LogP contribution in [0.3, 0.4) is 0 Å². The summed E-state index contributed by atoms with van der Waals surface area (Å²) in [6.45, 7) is 1.88. The fourth-order valence-corrected chi connectivity index (χ4v) is 2.46. The lowest BCUT2D eigenvalue weighted by Crippen LogP contribution is -2.34. The van der Waals surface area contributed by atoms with Crippen molar-refractivity contribution in [2.75, 3.05) is 5.32 Å². The van der Waals surface area contributed by atoms with Crippen molar-refractivity contribution in [2.45, 2.75) is 19.8 Å². The topological polar surface area (TPSA) is 66.4 Å². The van der Waals surface area contributed by atoms with Crippen LogP contribution >= 0.6 is 11.6 Å². The number of carbonyl (C=O) groups excluding carboxylic acids is 1. The maximum atomic E-state index is 12.2. The molecule has 0 heterocycles. The van der Waals surface area contributed by atoms with Gasteiger partial charge in [-0.25, -0.2) is 0 Å². The summed E-state index contributed by atoms with van der Waals surface area (Å²) in [5.41, 5.74) is 1.51. The molecular formula is C15H16ClNO3. The summed E-state index contributed by atoms with van der Waals surface area (Å²) in [6, 6.07) is 5.24. The summed E-state index contributed by atoms with van der Waals surface area (Å²) in [5.74, 6) is -2.42. The third kappa shape index (κ3) is 3.20. The number of carbonyl (C=O) groups is 2. The Bertz CT molecular complexity index is 568. The van der Waals surface area contributed by atoms with E-state index in [-0.39, 0.29) is 5.91 Å². The van der Waals surface area contributed by atoms with Crippen LogP contribution in [0.25, 0.3) is 0 Å². The second-order valence-electron chi connectivity index (χ2n) is 4.95. The van der Waals surface area contributed by atoms with Gasteiger partial charge in [-0.2, -0.15) is 0 Å². The van der Waals surface area contributed by atoms with E-state index in [4.69, 9.17) is 16.7 Å². The van der Waals surface area contributed by atoms with Crippen LogP contribution in [0.5, 0.6) is 0 Å². The third-order valence-corrected chi connectivity index (χ3v) is 3.93. The molecule has 1 aliphatic rings. The summed E-state index contributed by atoms with van der Waals surface area (Å²) < 4.78 is 0. The Hall–Kier alpha value is -1.81. The molecule has 0 saturated carbocycles. The molecule has 0 aromatic heterocycles. The predicted octanol–water partition coefficient (Wildman–Crippen LogP) is 3.25. The lowest BCUT2D eigenvalue weighted by molar-refractivity contribution is -0.146. The second-order valence-corrected chi connectivity index (χ2v) is 5.35. The largest absolute Gasteiger partial charge is 0.481 e. The number of rotatable bonds is 3. The van der Waals surface area contributed by atoms with Crippen molar-refractivity contribution < 1.29 is 14.7 Å². The molecular weight excluding hydrogens is 278 g/mol. The van der Waals surface area contributed by atoms with Crippen LogP contribution in [0.1, 0.15) is 18.4 Å². The molecule has 1 aromatic rings. The minimum Gasteiger partial charge on any atom is -0.481 e. The third-order valence-electron chi connectivity index (χ3n) is 3.53. The Morgan fingerprint density at radius 2 is 1.90 bits per heavy atom. The molecule has 106 valence electrons. The van der Waals surface area contributed by atoms with Crippen LogP contribution in [-0.2, 0) is 9.59 Å². The molecule has 0 saturated heterocycles. The smallest absolute Gasteiger partial charge is 0.307 e. The van der Waals surface area contributed by atoms with Gasteiger partial charge in [0.25, 0.3) is 0 Å². The maximum absolute atomic E-state index is 12.2. The van der Waals surface area contributed by atoms with E-state index >= 15 is 0 Å². The lowest BCUT2D eigenvalue weighted by atomic mass is 9.82. The highest BCUT2D eigenvalue weighted by Gasteiger charge is 2.33. The second kappa shape index (κ2) is 6.09. The van der Waals surface area contributed by atoms with Gasteiger partial charge in [0.05, 0.1) is 11.8 Å². The van der Waals surface area contributed by atoms with Gasteiger partial charge in [0.1, 0.15) is 0 Å². The van der Waals surface area contributed by atoms with E-state index in [1.165, 1.54) is 0 Å². The molecule has 2 atom stereocenters. The van der Waals surface area contributed by atoms with Crippen molar-refractivity contribution in [3.63, 3.8) is 0 Å². The number of anilines is 1. The summed E-state index contributed by atoms with van der Waals surface area (Å²) in [7, 11) is 0. The minimum absolute atomic E-state index is 0.276. The number of carboxylic acid groups (broad SMARTS) is 1. The molecule has 0 aliphatic heterocycles. The molecule has 4 nitrogen and oxygen atoms in total. The zero-order chi connectivity index (χ0) is 14.7. The van der Waals surface area contributed by atoms with E-state index in [0.29, 0.717) is 23.6 Å². The first-order valence-electron chi connectivity index (χ1n) is 6.44. The first kappa shape index (κ1) is 14.6. The zero-order valence-electron chi connectivity index (χ0n) is 11.1. The maximum Gasteiger partial charge on any atom is 0.307 e. The SMILES string of the molecule is Cc1ccc(NC(=O)C2CC=CCC2C(=O)O)cc1Cl. The van der Waals surface area contributed by atoms with E-state index < -0.39 is 17.8 Å². The molecule has 0 fully saturated rings. The van der Waals surface area contributed by atoms with Crippen molar-refractivity contribution in [1.82, 2.24) is 0 Å². The van der Waals surface area contributed by atoms with Gasteiger partial charge in [0.2, 0.25) is 5.91 Å². The van der Waals surface area contributed by atoms with Crippen molar-refractivity contribution in [3.8, 4) is 0 Å². The molecule has 1 aliphatic carbocycles. The highest BCUT2D eigenvalue weighted by molar-refractivity contribution is 6.31. The van der Waals surface area contributed by atoms with Crippen molar-refractivity contribution in [3.05, 3.63) is 40.9 Å². The highest BCUT2D eigenvalue weighted by atomic mass is 35.5. The quantitative estimate of drug-likeness (QED) is 0.841. The molecule has 20 heavy (non-hydrogen) atoms. The number of halogens is 1. The van der Waals surface area contributed by atoms with Gasteiger partial charge in [-0.05, 0) is 37.5 Å². The normalized spacial score (nSPS) is 21.5. The number of benzene rings is 1. The van der Waals surface area contributed by atoms with Crippen molar-refractivity contribution in [1.29, 1.82) is 0 Å². The van der Waals surface area contributed by atoms with Crippen LogP contribution < -0.4 is 5.32 Å². The molecule has 1 aromatic carbocycles. The number of allylic oxidation sites excluding steroid dienone is 2. The fourth-order valence-electron chi connectivity index (χ4n) is 2.28. The molecule has 5 heteroatoms. The molecule has 0 radical (unpaired) electrons. The van der Waals surface area contributed by atoms with E-state index in [2.05, 4.69) is 5.32 Å². The van der Waals surface area contributed by atoms with Gasteiger partial charge in [0, 0.05) is 10.7 Å². The summed E-state index contributed by atoms with van der Waals surface area (Å²) in [6.07, 6.45) is 4.50. The zero-order valence-corrected chi connectivity index (χ0v) is 11.9. The van der Waals surface area contributed by atoms with Crippen LogP contribution in [0.2, 0.25) is 5.02 Å². The van der Waals surface area contributed by atoms with Gasteiger partial charge < -0.3 is 10.4 Å². The van der Waals surface area contributed by atoms with Crippen molar-refractivity contribution in [2.24, 2.45) is 11.8 Å². The number of aliphatic carboxylic acids is 1. The van der Waals surface area contributed by atoms with Gasteiger partial charge >= 0.3 is 5.97 Å². The number of nitrogens with one attached hydrogen (secondary N) is 1. The summed E-state index contributed by atoms with van der Waals surface area (Å²) >= 11 is 6.01. The first-order chi connectivity index (χ1) is 9.49. The van der Waals surface area contributed by atoms with Crippen LogP contribution in [0.4, 0.5) is 5.69 Å². The monoisotopic (exact) mass is 293 g/mol. The molecule has 1 amide bonds. The minimum atomic E-state index is -0.934. The Morgan fingerprint density at radius 1 is 1.25 bits per heavy atom. The van der Waals surface area contributed by atoms with Gasteiger partial charge in [-0.3, -0.25) is 9.59 Å². The number of carboxylic acids is 1. The van der Waals surface area contributed by atoms with E-state index in [0.717, 1.165) is 5.56 Å². The Kier molecular flexibility index (Phi) is 4.45. The number of hydrogen-bond acceptors (Lipinski definition) is 2. The van der Waals surface area contributed by atoms with Crippen LogP contribution in [0.15, 0.2) is 30.4 Å². The summed E-state index contributed by atoms with van der Waals surface area (Å²) in [5, 5.41) is 12.5. The van der Waals surface area contributed by atoms with Gasteiger partial charge in [0.15, 0.2) is 0 Å². The average molecular weight is 294 g/mol. The Morgan fingerprint density at radius 3 is 2.50 bits per heavy atom. The van der Waals surface area contributed by atoms with Gasteiger partial charge in [-0.1, -0.05) is 29.8 Å². The van der Waals surface area contributed by atoms with Crippen molar-refractivity contribution >= 4 is 29.2 Å². The standard InChI is InChI=1S/C15H16ClNO3/c1-9-6-7-10(8-13(9)16)17-14(18)11-4-2-3-5-12(11)15(19)20/h2-3,6-8,11-12H,4-5H2,1H3,(H,17,18)(H,19,20). The molecule has 0 bridgehead atoms. The molecule has 2 rings (SSSR count). The number of amides is 1. The summed E-state index contributed by atoms with van der Waals surface area (Å²) in [4.78, 5) is 23.4. The van der Waals surface area contributed by atoms with Crippen LogP contribution in [-0.4, -0.2) is 17.0 Å². The van der Waals surface area contributed by atoms with E-state index in [9.17, 15) is 9.59 Å². The molecule has 0 spiro atoms. The molecule has 2 N–H and O–H groups in total. The highest BCUT2D eigenvalue weighted by Crippen LogP contribution is 2.28. The Balaban J connectivity index is 2.12. The lowest BCUT2D eigenvalue weighted by Gasteiger charge is -2.24. The average Bonchev–Trinajstić information content (AvgIpc) is 2.43. The first-order valence-corrected chi connectivity index (χ1v) is 6.81.